The van der Waals surface area contributed by atoms with Gasteiger partial charge in [0, 0.05) is 23.7 Å². The Kier molecular flexibility index (Phi) is 5.94. The lowest BCUT2D eigenvalue weighted by molar-refractivity contribution is -0.127. The van der Waals surface area contributed by atoms with E-state index in [-0.39, 0.29) is 23.8 Å². The number of carbonyl (C=O) groups is 2. The number of benzene rings is 2. The molecule has 1 fully saturated rings. The van der Waals surface area contributed by atoms with Crippen LogP contribution in [0.15, 0.2) is 54.6 Å². The van der Waals surface area contributed by atoms with Crippen LogP contribution in [0.3, 0.4) is 0 Å². The van der Waals surface area contributed by atoms with Gasteiger partial charge in [-0.05, 0) is 49.6 Å². The lowest BCUT2D eigenvalue weighted by atomic mass is 9.95. The van der Waals surface area contributed by atoms with E-state index in [4.69, 9.17) is 11.6 Å². The molecule has 0 bridgehead atoms. The second kappa shape index (κ2) is 8.37. The highest BCUT2D eigenvalue weighted by Gasteiger charge is 2.29. The van der Waals surface area contributed by atoms with Gasteiger partial charge in [0.2, 0.25) is 5.91 Å². The van der Waals surface area contributed by atoms with Crippen LogP contribution in [-0.2, 0) is 4.79 Å². The zero-order valence-electron chi connectivity index (χ0n) is 14.8. The molecule has 5 heteroatoms. The summed E-state index contributed by atoms with van der Waals surface area (Å²) in [5, 5.41) is 3.68. The first-order chi connectivity index (χ1) is 12.5. The zero-order chi connectivity index (χ0) is 18.5. The third-order valence-corrected chi connectivity index (χ3v) is 5.08. The highest BCUT2D eigenvalue weighted by molar-refractivity contribution is 6.30. The number of halogens is 1. The van der Waals surface area contributed by atoms with E-state index in [9.17, 15) is 9.59 Å². The molecule has 0 unspecified atom stereocenters. The van der Waals surface area contributed by atoms with Crippen molar-refractivity contribution in [3.63, 3.8) is 0 Å². The van der Waals surface area contributed by atoms with Crippen LogP contribution >= 0.6 is 11.6 Å². The number of amides is 2. The number of nitrogens with zero attached hydrogens (tertiary/aromatic N) is 1. The molecule has 26 heavy (non-hydrogen) atoms. The maximum absolute atomic E-state index is 12.7. The van der Waals surface area contributed by atoms with Gasteiger partial charge in [-0.15, -0.1) is 0 Å². The van der Waals surface area contributed by atoms with Gasteiger partial charge >= 0.3 is 0 Å². The minimum absolute atomic E-state index is 0.00922. The van der Waals surface area contributed by atoms with Crippen LogP contribution < -0.4 is 5.32 Å². The molecule has 2 aromatic rings. The molecule has 1 saturated heterocycles. The van der Waals surface area contributed by atoms with E-state index >= 15 is 0 Å². The molecule has 4 nitrogen and oxygen atoms in total. The number of carbonyl (C=O) groups excluding carboxylic acids is 2. The molecule has 0 saturated carbocycles. The molecule has 3 rings (SSSR count). The highest BCUT2D eigenvalue weighted by atomic mass is 35.5. The van der Waals surface area contributed by atoms with E-state index in [1.807, 2.05) is 37.3 Å². The summed E-state index contributed by atoms with van der Waals surface area (Å²) in [4.78, 5) is 27.1. The topological polar surface area (TPSA) is 49.4 Å². The summed E-state index contributed by atoms with van der Waals surface area (Å²) in [6.45, 7) is 3.11. The molecule has 0 spiro atoms. The number of likely N-dealkylation sites (tertiary alicyclic amines) is 1. The molecule has 2 atom stereocenters. The van der Waals surface area contributed by atoms with Gasteiger partial charge in [-0.2, -0.15) is 0 Å². The molecule has 2 aromatic carbocycles. The fourth-order valence-corrected chi connectivity index (χ4v) is 3.43. The van der Waals surface area contributed by atoms with Crippen molar-refractivity contribution < 1.29 is 9.59 Å². The number of hydrogen-bond donors (Lipinski definition) is 1. The molecule has 0 aliphatic carbocycles. The smallest absolute Gasteiger partial charge is 0.253 e. The van der Waals surface area contributed by atoms with Crippen molar-refractivity contribution in [2.45, 2.75) is 25.8 Å². The van der Waals surface area contributed by atoms with E-state index in [0.29, 0.717) is 23.7 Å². The number of nitrogens with one attached hydrogen (secondary N) is 1. The first-order valence-corrected chi connectivity index (χ1v) is 9.32. The van der Waals surface area contributed by atoms with E-state index in [1.165, 1.54) is 0 Å². The first kappa shape index (κ1) is 18.5. The predicted octanol–water partition coefficient (Wildman–Crippen LogP) is 4.07. The zero-order valence-corrected chi connectivity index (χ0v) is 15.6. The van der Waals surface area contributed by atoms with Crippen molar-refractivity contribution >= 4 is 23.4 Å². The molecule has 1 aliphatic heterocycles. The second-order valence-electron chi connectivity index (χ2n) is 6.74. The standard InChI is InChI=1S/C21H23ClN2O2/c1-15(16-6-3-2-4-7-16)23-20(25)18-8-5-13-24(14-18)21(26)17-9-11-19(22)12-10-17/h2-4,6-7,9-12,15,18H,5,8,13-14H2,1H3,(H,23,25)/t15-,18-/m1/s1. The van der Waals surface area contributed by atoms with Crippen molar-refractivity contribution in [3.05, 3.63) is 70.7 Å². The second-order valence-corrected chi connectivity index (χ2v) is 7.17. The Morgan fingerprint density at radius 2 is 1.81 bits per heavy atom. The van der Waals surface area contributed by atoms with Crippen LogP contribution in [0.25, 0.3) is 0 Å². The van der Waals surface area contributed by atoms with Crippen LogP contribution in [0.1, 0.15) is 41.7 Å². The van der Waals surface area contributed by atoms with Gasteiger partial charge in [0.1, 0.15) is 0 Å². The van der Waals surface area contributed by atoms with Crippen LogP contribution in [0.5, 0.6) is 0 Å². The monoisotopic (exact) mass is 370 g/mol. The minimum Gasteiger partial charge on any atom is -0.349 e. The number of piperidine rings is 1. The van der Waals surface area contributed by atoms with Crippen molar-refractivity contribution in [2.24, 2.45) is 5.92 Å². The molecule has 1 heterocycles. The van der Waals surface area contributed by atoms with Crippen LogP contribution in [0.2, 0.25) is 5.02 Å². The van der Waals surface area contributed by atoms with Gasteiger partial charge in [-0.25, -0.2) is 0 Å². The van der Waals surface area contributed by atoms with Crippen LogP contribution in [0, 0.1) is 5.92 Å². The Bertz CT molecular complexity index is 761. The Labute approximate surface area is 159 Å². The van der Waals surface area contributed by atoms with E-state index in [1.54, 1.807) is 29.2 Å². The SMILES string of the molecule is C[C@@H](NC(=O)[C@@H]1CCCN(C(=O)c2ccc(Cl)cc2)C1)c1ccccc1. The predicted molar refractivity (Wildman–Crippen MR) is 103 cm³/mol. The fourth-order valence-electron chi connectivity index (χ4n) is 3.31. The quantitative estimate of drug-likeness (QED) is 0.881. The Balaban J connectivity index is 1.61. The van der Waals surface area contributed by atoms with Gasteiger partial charge in [0.25, 0.3) is 5.91 Å². The maximum Gasteiger partial charge on any atom is 0.253 e. The molecule has 2 amide bonds. The summed E-state index contributed by atoms with van der Waals surface area (Å²) in [5.74, 6) is -0.212. The Morgan fingerprint density at radius 3 is 2.50 bits per heavy atom. The number of rotatable bonds is 4. The maximum atomic E-state index is 12.7. The molecule has 0 radical (unpaired) electrons. The van der Waals surface area contributed by atoms with Gasteiger partial charge in [0.15, 0.2) is 0 Å². The summed E-state index contributed by atoms with van der Waals surface area (Å²) < 4.78 is 0. The summed E-state index contributed by atoms with van der Waals surface area (Å²) in [7, 11) is 0. The molecule has 1 N–H and O–H groups in total. The third kappa shape index (κ3) is 4.44. The van der Waals surface area contributed by atoms with Crippen LogP contribution in [-0.4, -0.2) is 29.8 Å². The normalized spacial score (nSPS) is 18.2. The molecule has 136 valence electrons. The Morgan fingerprint density at radius 1 is 1.12 bits per heavy atom. The summed E-state index contributed by atoms with van der Waals surface area (Å²) >= 11 is 5.89. The summed E-state index contributed by atoms with van der Waals surface area (Å²) in [6, 6.07) is 16.7. The van der Waals surface area contributed by atoms with E-state index in [2.05, 4.69) is 5.32 Å². The van der Waals surface area contributed by atoms with Crippen molar-refractivity contribution in [1.29, 1.82) is 0 Å². The average molecular weight is 371 g/mol. The Hall–Kier alpha value is -2.33. The summed E-state index contributed by atoms with van der Waals surface area (Å²) in [6.07, 6.45) is 1.63. The van der Waals surface area contributed by atoms with Crippen molar-refractivity contribution in [1.82, 2.24) is 10.2 Å². The van der Waals surface area contributed by atoms with E-state index in [0.717, 1.165) is 18.4 Å². The fraction of sp³-hybridized carbons (Fsp3) is 0.333. The molecular weight excluding hydrogens is 348 g/mol. The van der Waals surface area contributed by atoms with Crippen molar-refractivity contribution in [2.75, 3.05) is 13.1 Å². The van der Waals surface area contributed by atoms with Gasteiger partial charge in [0.05, 0.1) is 12.0 Å². The van der Waals surface area contributed by atoms with Crippen molar-refractivity contribution in [3.8, 4) is 0 Å². The third-order valence-electron chi connectivity index (χ3n) is 4.83. The van der Waals surface area contributed by atoms with E-state index < -0.39 is 0 Å². The minimum atomic E-state index is -0.175. The van der Waals surface area contributed by atoms with Crippen LogP contribution in [0.4, 0.5) is 0 Å². The molecule has 0 aromatic heterocycles. The lowest BCUT2D eigenvalue weighted by Crippen LogP contribution is -2.45. The van der Waals surface area contributed by atoms with Gasteiger partial charge in [-0.3, -0.25) is 9.59 Å². The first-order valence-electron chi connectivity index (χ1n) is 8.95. The number of hydrogen-bond acceptors (Lipinski definition) is 2. The lowest BCUT2D eigenvalue weighted by Gasteiger charge is -2.32. The molecular formula is C21H23ClN2O2. The highest BCUT2D eigenvalue weighted by Crippen LogP contribution is 2.21. The largest absolute Gasteiger partial charge is 0.349 e. The average Bonchev–Trinajstić information content (AvgIpc) is 2.68. The van der Waals surface area contributed by atoms with Gasteiger partial charge < -0.3 is 10.2 Å². The molecule has 1 aliphatic rings. The summed E-state index contributed by atoms with van der Waals surface area (Å²) in [5.41, 5.74) is 1.68. The van der Waals surface area contributed by atoms with Gasteiger partial charge in [-0.1, -0.05) is 41.9 Å².